The van der Waals surface area contributed by atoms with Gasteiger partial charge in [0.2, 0.25) is 6.79 Å². The Morgan fingerprint density at radius 2 is 1.85 bits per heavy atom. The van der Waals surface area contributed by atoms with Gasteiger partial charge in [0.25, 0.3) is 11.8 Å². The number of hydrogen-bond acceptors (Lipinski definition) is 8. The highest BCUT2D eigenvalue weighted by atomic mass is 32.1. The Hall–Kier alpha value is -4.18. The van der Waals surface area contributed by atoms with Crippen molar-refractivity contribution >= 4 is 39.7 Å². The summed E-state index contributed by atoms with van der Waals surface area (Å²) in [5.74, 6) is 1.90. The molecule has 9 nitrogen and oxygen atoms in total. The van der Waals surface area contributed by atoms with Gasteiger partial charge < -0.3 is 24.0 Å². The predicted molar refractivity (Wildman–Crippen MR) is 148 cm³/mol. The summed E-state index contributed by atoms with van der Waals surface area (Å²) >= 11 is 1.50. The van der Waals surface area contributed by atoms with Crippen LogP contribution in [0.25, 0.3) is 10.9 Å². The second kappa shape index (κ2) is 10.5. The van der Waals surface area contributed by atoms with Gasteiger partial charge in [-0.15, -0.1) is 11.3 Å². The zero-order valence-corrected chi connectivity index (χ0v) is 22.6. The summed E-state index contributed by atoms with van der Waals surface area (Å²) in [6.45, 7) is 3.82. The van der Waals surface area contributed by atoms with E-state index >= 15 is 0 Å². The first-order valence-corrected chi connectivity index (χ1v) is 13.8. The molecule has 4 aromatic rings. The molecule has 2 aliphatic rings. The van der Waals surface area contributed by atoms with Crippen molar-refractivity contribution in [1.29, 1.82) is 0 Å². The lowest BCUT2D eigenvalue weighted by Gasteiger charge is -2.31. The highest BCUT2D eigenvalue weighted by Crippen LogP contribution is 2.36. The summed E-state index contributed by atoms with van der Waals surface area (Å²) in [4.78, 5) is 39.5. The van der Waals surface area contributed by atoms with Crippen molar-refractivity contribution in [2.24, 2.45) is 0 Å². The topological polar surface area (TPSA) is 94.1 Å². The van der Waals surface area contributed by atoms with Crippen molar-refractivity contribution in [1.82, 2.24) is 14.9 Å². The molecule has 0 N–H and O–H groups in total. The van der Waals surface area contributed by atoms with E-state index < -0.39 is 0 Å². The first-order valence-electron chi connectivity index (χ1n) is 13.0. The first kappa shape index (κ1) is 25.1. The second-order valence-electron chi connectivity index (χ2n) is 9.45. The SMILES string of the molecule is CCN(C(=O)c1csc(C2CCN(C(=O)c3cc(OC)c4ccccc4n3)CC2)n1)c1ccc2c(c1)OCO2. The third kappa shape index (κ3) is 4.76. The molecule has 1 fully saturated rings. The van der Waals surface area contributed by atoms with Crippen LogP contribution >= 0.6 is 11.3 Å². The Kier molecular flexibility index (Phi) is 6.78. The molecular formula is C29H28N4O5S. The highest BCUT2D eigenvalue weighted by Gasteiger charge is 2.29. The summed E-state index contributed by atoms with van der Waals surface area (Å²) < 4.78 is 16.4. The van der Waals surface area contributed by atoms with Gasteiger partial charge in [0, 0.05) is 54.1 Å². The molecule has 0 saturated carbocycles. The van der Waals surface area contributed by atoms with E-state index in [2.05, 4.69) is 4.98 Å². The molecule has 200 valence electrons. The number of nitrogens with zero attached hydrogens (tertiary/aromatic N) is 4. The van der Waals surface area contributed by atoms with Crippen molar-refractivity contribution in [3.63, 3.8) is 0 Å². The van der Waals surface area contributed by atoms with Gasteiger partial charge in [-0.2, -0.15) is 0 Å². The van der Waals surface area contributed by atoms with Crippen LogP contribution in [0.4, 0.5) is 5.69 Å². The zero-order valence-electron chi connectivity index (χ0n) is 21.8. The Morgan fingerprint density at radius 3 is 2.64 bits per heavy atom. The number of thiazole rings is 1. The van der Waals surface area contributed by atoms with Crippen molar-refractivity contribution in [3.8, 4) is 17.2 Å². The second-order valence-corrected chi connectivity index (χ2v) is 10.3. The highest BCUT2D eigenvalue weighted by molar-refractivity contribution is 7.10. The molecule has 0 radical (unpaired) electrons. The van der Waals surface area contributed by atoms with Crippen LogP contribution in [0.2, 0.25) is 0 Å². The molecule has 0 unspecified atom stereocenters. The number of fused-ring (bicyclic) bond motifs is 2. The number of likely N-dealkylation sites (tertiary alicyclic amines) is 1. The predicted octanol–water partition coefficient (Wildman–Crippen LogP) is 5.12. The van der Waals surface area contributed by atoms with Gasteiger partial charge in [-0.1, -0.05) is 12.1 Å². The third-order valence-corrected chi connectivity index (χ3v) is 8.23. The van der Waals surface area contributed by atoms with E-state index in [4.69, 9.17) is 19.2 Å². The Labute approximate surface area is 229 Å². The van der Waals surface area contributed by atoms with Crippen LogP contribution < -0.4 is 19.1 Å². The standard InChI is InChI=1S/C29H28N4O5S/c1-3-33(19-8-9-24-26(14-19)38-17-37-24)29(35)23-16-39-27(31-23)18-10-12-32(13-11-18)28(34)22-15-25(36-2)20-6-4-5-7-21(20)30-22/h4-9,14-16,18H,3,10-13,17H2,1-2H3. The molecule has 2 aromatic heterocycles. The van der Waals surface area contributed by atoms with Crippen LogP contribution in [0, 0.1) is 0 Å². The number of rotatable bonds is 6. The minimum Gasteiger partial charge on any atom is -0.496 e. The molecule has 0 spiro atoms. The summed E-state index contributed by atoms with van der Waals surface area (Å²) in [7, 11) is 1.60. The summed E-state index contributed by atoms with van der Waals surface area (Å²) in [5, 5.41) is 3.64. The van der Waals surface area contributed by atoms with Crippen molar-refractivity contribution in [3.05, 3.63) is 70.3 Å². The van der Waals surface area contributed by atoms with Gasteiger partial charge in [-0.05, 0) is 44.0 Å². The maximum absolute atomic E-state index is 13.3. The number of hydrogen-bond donors (Lipinski definition) is 0. The number of carbonyl (C=O) groups is 2. The van der Waals surface area contributed by atoms with Gasteiger partial charge in [0.1, 0.15) is 17.1 Å². The molecule has 0 aliphatic carbocycles. The Bertz CT molecular complexity index is 1550. The summed E-state index contributed by atoms with van der Waals surface area (Å²) in [6.07, 6.45) is 1.55. The maximum atomic E-state index is 13.3. The minimum atomic E-state index is -0.150. The van der Waals surface area contributed by atoms with Crippen LogP contribution in [0.5, 0.6) is 17.2 Å². The van der Waals surface area contributed by atoms with Crippen LogP contribution in [0.3, 0.4) is 0 Å². The maximum Gasteiger partial charge on any atom is 0.277 e. The molecule has 0 bridgehead atoms. The van der Waals surface area contributed by atoms with Gasteiger partial charge in [-0.25, -0.2) is 9.97 Å². The fraction of sp³-hybridized carbons (Fsp3) is 0.310. The quantitative estimate of drug-likeness (QED) is 0.333. The van der Waals surface area contributed by atoms with Gasteiger partial charge in [0.05, 0.1) is 17.6 Å². The number of aromatic nitrogens is 2. The average Bonchev–Trinajstić information content (AvgIpc) is 3.67. The molecule has 39 heavy (non-hydrogen) atoms. The molecule has 10 heteroatoms. The fourth-order valence-corrected chi connectivity index (χ4v) is 6.09. The van der Waals surface area contributed by atoms with Gasteiger partial charge >= 0.3 is 0 Å². The number of benzene rings is 2. The lowest BCUT2D eigenvalue weighted by Crippen LogP contribution is -2.38. The number of piperidine rings is 1. The van der Waals surface area contributed by atoms with Crippen molar-refractivity contribution in [2.45, 2.75) is 25.7 Å². The van der Waals surface area contributed by atoms with E-state index in [1.54, 1.807) is 18.1 Å². The molecule has 4 heterocycles. The van der Waals surface area contributed by atoms with E-state index in [1.165, 1.54) is 11.3 Å². The number of carbonyl (C=O) groups excluding carboxylic acids is 2. The molecule has 2 amide bonds. The Balaban J connectivity index is 1.12. The molecule has 6 rings (SSSR count). The van der Waals surface area contributed by atoms with E-state index in [0.29, 0.717) is 48.3 Å². The lowest BCUT2D eigenvalue weighted by atomic mass is 9.97. The molecule has 2 aromatic carbocycles. The summed E-state index contributed by atoms with van der Waals surface area (Å²) in [6, 6.07) is 14.9. The third-order valence-electron chi connectivity index (χ3n) is 7.22. The van der Waals surface area contributed by atoms with E-state index in [-0.39, 0.29) is 24.5 Å². The van der Waals surface area contributed by atoms with E-state index in [1.807, 2.05) is 59.7 Å². The summed E-state index contributed by atoms with van der Waals surface area (Å²) in [5.41, 5.74) is 2.29. The Morgan fingerprint density at radius 1 is 1.05 bits per heavy atom. The number of ether oxygens (including phenoxy) is 3. The van der Waals surface area contributed by atoms with E-state index in [9.17, 15) is 9.59 Å². The monoisotopic (exact) mass is 544 g/mol. The number of methoxy groups -OCH3 is 1. The molecule has 0 atom stereocenters. The van der Waals surface area contributed by atoms with Crippen LogP contribution in [-0.4, -0.2) is 60.2 Å². The molecular weight excluding hydrogens is 516 g/mol. The van der Waals surface area contributed by atoms with Crippen LogP contribution in [0.15, 0.2) is 53.9 Å². The van der Waals surface area contributed by atoms with E-state index in [0.717, 1.165) is 34.4 Å². The minimum absolute atomic E-state index is 0.102. The largest absolute Gasteiger partial charge is 0.496 e. The molecule has 1 saturated heterocycles. The number of amides is 2. The number of para-hydroxylation sites is 1. The van der Waals surface area contributed by atoms with Gasteiger partial charge in [-0.3, -0.25) is 9.59 Å². The molecule has 2 aliphatic heterocycles. The van der Waals surface area contributed by atoms with Gasteiger partial charge in [0.15, 0.2) is 11.5 Å². The van der Waals surface area contributed by atoms with Crippen LogP contribution in [0.1, 0.15) is 51.7 Å². The smallest absolute Gasteiger partial charge is 0.277 e. The zero-order chi connectivity index (χ0) is 26.9. The number of anilines is 1. The lowest BCUT2D eigenvalue weighted by molar-refractivity contribution is 0.0707. The first-order chi connectivity index (χ1) is 19.1. The van der Waals surface area contributed by atoms with Crippen molar-refractivity contribution < 1.29 is 23.8 Å². The fourth-order valence-electron chi connectivity index (χ4n) is 5.12. The number of pyridine rings is 1. The van der Waals surface area contributed by atoms with Crippen molar-refractivity contribution in [2.75, 3.05) is 38.4 Å². The average molecular weight is 545 g/mol. The van der Waals surface area contributed by atoms with Crippen LogP contribution in [-0.2, 0) is 0 Å². The normalized spacial score (nSPS) is 15.0.